The third-order valence-corrected chi connectivity index (χ3v) is 5.65. The number of carbonyl (C=O) groups excluding carboxylic acids is 1. The van der Waals surface area contributed by atoms with Gasteiger partial charge in [-0.05, 0) is 48.6 Å². The van der Waals surface area contributed by atoms with Gasteiger partial charge in [-0.25, -0.2) is 0 Å². The number of carbonyl (C=O) groups is 1. The molecule has 2 aromatic rings. The van der Waals surface area contributed by atoms with Crippen LogP contribution in [0.2, 0.25) is 0 Å². The van der Waals surface area contributed by atoms with Gasteiger partial charge in [-0.3, -0.25) is 4.79 Å². The standard InChI is InChI=1S/C20H25N3O2/c1-14-21-18(22-25-14)12-15-6-5-11-23(13-15)19(24)16-7-3-4-8-17(16)20(2)9-10-20/h3-4,7-8,15H,5-6,9-13H2,1-2H3. The Morgan fingerprint density at radius 1 is 1.36 bits per heavy atom. The molecular weight excluding hydrogens is 314 g/mol. The maximum Gasteiger partial charge on any atom is 0.254 e. The van der Waals surface area contributed by atoms with Gasteiger partial charge in [0.1, 0.15) is 0 Å². The molecule has 1 atom stereocenters. The maximum atomic E-state index is 13.2. The number of amides is 1. The van der Waals surface area contributed by atoms with Crippen molar-refractivity contribution in [2.45, 2.75) is 51.4 Å². The molecule has 1 aromatic carbocycles. The summed E-state index contributed by atoms with van der Waals surface area (Å²) in [5, 5.41) is 4.00. The van der Waals surface area contributed by atoms with Crippen LogP contribution in [0.15, 0.2) is 28.8 Å². The van der Waals surface area contributed by atoms with Gasteiger partial charge in [0.15, 0.2) is 5.82 Å². The molecule has 2 heterocycles. The third kappa shape index (κ3) is 3.32. The van der Waals surface area contributed by atoms with Gasteiger partial charge in [0, 0.05) is 32.0 Å². The summed E-state index contributed by atoms with van der Waals surface area (Å²) in [7, 11) is 0. The molecule has 1 saturated carbocycles. The molecule has 1 amide bonds. The van der Waals surface area contributed by atoms with E-state index < -0.39 is 0 Å². The number of rotatable bonds is 4. The lowest BCUT2D eigenvalue weighted by atomic mass is 9.90. The summed E-state index contributed by atoms with van der Waals surface area (Å²) in [5.74, 6) is 1.93. The first-order valence-electron chi connectivity index (χ1n) is 9.23. The minimum absolute atomic E-state index is 0.178. The fourth-order valence-corrected chi connectivity index (χ4v) is 3.92. The Morgan fingerprint density at radius 2 is 2.16 bits per heavy atom. The summed E-state index contributed by atoms with van der Waals surface area (Å²) in [6, 6.07) is 8.15. The highest BCUT2D eigenvalue weighted by Crippen LogP contribution is 2.48. The first kappa shape index (κ1) is 16.3. The van der Waals surface area contributed by atoms with Crippen molar-refractivity contribution in [1.29, 1.82) is 0 Å². The Morgan fingerprint density at radius 3 is 2.88 bits per heavy atom. The fraction of sp³-hybridized carbons (Fsp3) is 0.550. The van der Waals surface area contributed by atoms with Crippen molar-refractivity contribution >= 4 is 5.91 Å². The van der Waals surface area contributed by atoms with Crippen molar-refractivity contribution in [2.24, 2.45) is 5.92 Å². The number of piperidine rings is 1. The molecule has 0 radical (unpaired) electrons. The predicted octanol–water partition coefficient (Wildman–Crippen LogP) is 3.52. The van der Waals surface area contributed by atoms with Crippen molar-refractivity contribution < 1.29 is 9.32 Å². The fourth-order valence-electron chi connectivity index (χ4n) is 3.92. The van der Waals surface area contributed by atoms with Crippen molar-refractivity contribution in [3.63, 3.8) is 0 Å². The van der Waals surface area contributed by atoms with Gasteiger partial charge in [-0.15, -0.1) is 0 Å². The van der Waals surface area contributed by atoms with Crippen molar-refractivity contribution in [1.82, 2.24) is 15.0 Å². The molecular formula is C20H25N3O2. The normalized spacial score (nSPS) is 22.0. The Kier molecular flexibility index (Phi) is 4.10. The van der Waals surface area contributed by atoms with Crippen molar-refractivity contribution in [2.75, 3.05) is 13.1 Å². The molecule has 1 aliphatic heterocycles. The topological polar surface area (TPSA) is 59.2 Å². The van der Waals surface area contributed by atoms with E-state index >= 15 is 0 Å². The lowest BCUT2D eigenvalue weighted by molar-refractivity contribution is 0.0670. The zero-order valence-electron chi connectivity index (χ0n) is 15.0. The molecule has 132 valence electrons. The molecule has 1 aromatic heterocycles. The Hall–Kier alpha value is -2.17. The molecule has 0 N–H and O–H groups in total. The van der Waals surface area contributed by atoms with Crippen LogP contribution in [0.25, 0.3) is 0 Å². The maximum absolute atomic E-state index is 13.2. The Labute approximate surface area is 148 Å². The molecule has 0 spiro atoms. The summed E-state index contributed by atoms with van der Waals surface area (Å²) in [5.41, 5.74) is 2.30. The molecule has 5 heteroatoms. The number of aromatic nitrogens is 2. The highest BCUT2D eigenvalue weighted by molar-refractivity contribution is 5.96. The molecule has 1 unspecified atom stereocenters. The molecule has 5 nitrogen and oxygen atoms in total. The number of nitrogens with zero attached hydrogens (tertiary/aromatic N) is 3. The van der Waals surface area contributed by atoms with E-state index in [9.17, 15) is 4.79 Å². The quantitative estimate of drug-likeness (QED) is 0.855. The first-order chi connectivity index (χ1) is 12.0. The summed E-state index contributed by atoms with van der Waals surface area (Å²) in [6.45, 7) is 5.68. The second-order valence-corrected chi connectivity index (χ2v) is 7.80. The van der Waals surface area contributed by atoms with Gasteiger partial charge < -0.3 is 9.42 Å². The lowest BCUT2D eigenvalue weighted by Gasteiger charge is -2.33. The van der Waals surface area contributed by atoms with Gasteiger partial charge in [-0.2, -0.15) is 4.98 Å². The van der Waals surface area contributed by atoms with Crippen LogP contribution < -0.4 is 0 Å². The molecule has 2 fully saturated rings. The van der Waals surface area contributed by atoms with Gasteiger partial charge in [0.05, 0.1) is 0 Å². The Bertz CT molecular complexity index is 779. The summed E-state index contributed by atoms with van der Waals surface area (Å²) in [4.78, 5) is 19.5. The minimum Gasteiger partial charge on any atom is -0.340 e. The number of aryl methyl sites for hydroxylation is 1. The van der Waals surface area contributed by atoms with E-state index in [1.54, 1.807) is 0 Å². The largest absolute Gasteiger partial charge is 0.340 e. The van der Waals surface area contributed by atoms with Crippen molar-refractivity contribution in [3.8, 4) is 0 Å². The van der Waals surface area contributed by atoms with Gasteiger partial charge in [-0.1, -0.05) is 30.3 Å². The van der Waals surface area contributed by atoms with Crippen LogP contribution in [-0.4, -0.2) is 34.0 Å². The zero-order valence-corrected chi connectivity index (χ0v) is 15.0. The molecule has 25 heavy (non-hydrogen) atoms. The lowest BCUT2D eigenvalue weighted by Crippen LogP contribution is -2.41. The highest BCUT2D eigenvalue weighted by Gasteiger charge is 2.42. The second kappa shape index (κ2) is 6.28. The van der Waals surface area contributed by atoms with Gasteiger partial charge in [0.25, 0.3) is 5.91 Å². The number of hydrogen-bond donors (Lipinski definition) is 0. The summed E-state index contributed by atoms with van der Waals surface area (Å²) >= 11 is 0. The number of hydrogen-bond acceptors (Lipinski definition) is 4. The molecule has 1 aliphatic carbocycles. The van der Waals surface area contributed by atoms with E-state index in [-0.39, 0.29) is 11.3 Å². The number of likely N-dealkylation sites (tertiary alicyclic amines) is 1. The molecule has 0 bridgehead atoms. The zero-order chi connectivity index (χ0) is 17.4. The molecule has 4 rings (SSSR count). The van der Waals surface area contributed by atoms with E-state index in [1.807, 2.05) is 30.0 Å². The SMILES string of the molecule is Cc1nc(CC2CCCN(C(=O)c3ccccc3C3(C)CC3)C2)no1. The highest BCUT2D eigenvalue weighted by atomic mass is 16.5. The van der Waals surface area contributed by atoms with Gasteiger partial charge >= 0.3 is 0 Å². The number of benzene rings is 1. The average Bonchev–Trinajstić information content (AvgIpc) is 3.25. The van der Waals surface area contributed by atoms with E-state index in [0.29, 0.717) is 11.8 Å². The monoisotopic (exact) mass is 339 g/mol. The molecule has 2 aliphatic rings. The van der Waals surface area contributed by atoms with E-state index in [4.69, 9.17) is 4.52 Å². The Balaban J connectivity index is 1.49. The molecule has 1 saturated heterocycles. The van der Waals surface area contributed by atoms with Gasteiger partial charge in [0.2, 0.25) is 5.89 Å². The van der Waals surface area contributed by atoms with Crippen LogP contribution in [-0.2, 0) is 11.8 Å². The van der Waals surface area contributed by atoms with Crippen LogP contribution in [0.5, 0.6) is 0 Å². The predicted molar refractivity (Wildman–Crippen MR) is 94.4 cm³/mol. The van der Waals surface area contributed by atoms with E-state index in [0.717, 1.165) is 43.7 Å². The smallest absolute Gasteiger partial charge is 0.254 e. The van der Waals surface area contributed by atoms with Crippen LogP contribution in [0.3, 0.4) is 0 Å². The average molecular weight is 339 g/mol. The van der Waals surface area contributed by atoms with Crippen LogP contribution in [0, 0.1) is 12.8 Å². The summed E-state index contributed by atoms with van der Waals surface area (Å²) < 4.78 is 5.07. The van der Waals surface area contributed by atoms with E-state index in [1.165, 1.54) is 18.4 Å². The van der Waals surface area contributed by atoms with Crippen molar-refractivity contribution in [3.05, 3.63) is 47.1 Å². The second-order valence-electron chi connectivity index (χ2n) is 7.80. The van der Waals surface area contributed by atoms with Crippen LogP contribution in [0.4, 0.5) is 0 Å². The van der Waals surface area contributed by atoms with E-state index in [2.05, 4.69) is 23.1 Å². The first-order valence-corrected chi connectivity index (χ1v) is 9.23. The minimum atomic E-state index is 0.178. The van der Waals surface area contributed by atoms with Crippen LogP contribution >= 0.6 is 0 Å². The third-order valence-electron chi connectivity index (χ3n) is 5.65. The van der Waals surface area contributed by atoms with Crippen LogP contribution in [0.1, 0.15) is 60.2 Å². The summed E-state index contributed by atoms with van der Waals surface area (Å²) in [6.07, 6.45) is 5.28.